The van der Waals surface area contributed by atoms with Crippen molar-refractivity contribution in [1.29, 1.82) is 0 Å². The molecule has 0 aromatic carbocycles. The van der Waals surface area contributed by atoms with Crippen LogP contribution in [0.2, 0.25) is 0 Å². The predicted molar refractivity (Wildman–Crippen MR) is 68.6 cm³/mol. The molecule has 0 unspecified atom stereocenters. The van der Waals surface area contributed by atoms with Crippen molar-refractivity contribution in [1.82, 2.24) is 9.62 Å². The minimum absolute atomic E-state index is 0.00676. The minimum atomic E-state index is -3.13. The molecular weight excluding hydrogens is 256 g/mol. The fraction of sp³-hybridized carbons (Fsp3) is 0.909. The van der Waals surface area contributed by atoms with E-state index >= 15 is 0 Å². The first kappa shape index (κ1) is 15.4. The molecule has 1 heterocycles. The number of carbonyl (C=O) groups is 1. The van der Waals surface area contributed by atoms with Crippen molar-refractivity contribution in [3.05, 3.63) is 0 Å². The van der Waals surface area contributed by atoms with Crippen LogP contribution in [-0.4, -0.2) is 57.7 Å². The molecule has 1 atom stereocenters. The molecule has 0 spiro atoms. The van der Waals surface area contributed by atoms with Crippen LogP contribution in [0.25, 0.3) is 0 Å². The average Bonchev–Trinajstić information content (AvgIpc) is 2.28. The maximum atomic E-state index is 11.9. The first-order valence-electron chi connectivity index (χ1n) is 6.09. The molecule has 1 fully saturated rings. The number of ether oxygens (including phenoxy) is 1. The molecule has 0 bridgehead atoms. The number of nitrogens with zero attached hydrogens (tertiary/aromatic N) is 1. The van der Waals surface area contributed by atoms with Crippen LogP contribution >= 0.6 is 0 Å². The third-order valence-corrected chi connectivity index (χ3v) is 4.40. The van der Waals surface area contributed by atoms with Crippen LogP contribution in [0, 0.1) is 5.92 Å². The van der Waals surface area contributed by atoms with Crippen molar-refractivity contribution in [3.63, 3.8) is 0 Å². The number of amides is 1. The van der Waals surface area contributed by atoms with Gasteiger partial charge >= 0.3 is 0 Å². The normalized spacial score (nSPS) is 20.6. The second-order valence-corrected chi connectivity index (χ2v) is 6.78. The Bertz CT molecular complexity index is 375. The van der Waals surface area contributed by atoms with Gasteiger partial charge in [0, 0.05) is 32.2 Å². The van der Waals surface area contributed by atoms with Crippen molar-refractivity contribution < 1.29 is 17.9 Å². The highest BCUT2D eigenvalue weighted by Crippen LogP contribution is 2.19. The van der Waals surface area contributed by atoms with Crippen LogP contribution in [-0.2, 0) is 19.6 Å². The average molecular weight is 278 g/mol. The van der Waals surface area contributed by atoms with Gasteiger partial charge < -0.3 is 10.1 Å². The van der Waals surface area contributed by atoms with Gasteiger partial charge in [0.25, 0.3) is 0 Å². The van der Waals surface area contributed by atoms with Gasteiger partial charge in [0.05, 0.1) is 12.9 Å². The molecule has 0 aromatic rings. The summed E-state index contributed by atoms with van der Waals surface area (Å²) in [7, 11) is -1.53. The van der Waals surface area contributed by atoms with E-state index < -0.39 is 10.0 Å². The molecule has 1 saturated heterocycles. The molecule has 7 heteroatoms. The van der Waals surface area contributed by atoms with Gasteiger partial charge in [-0.15, -0.1) is 0 Å². The summed E-state index contributed by atoms with van der Waals surface area (Å²) in [6.07, 6.45) is 2.37. The zero-order chi connectivity index (χ0) is 13.8. The number of rotatable bonds is 5. The molecule has 106 valence electrons. The molecular formula is C11H22N2O4S. The first-order chi connectivity index (χ1) is 8.34. The molecule has 0 saturated carbocycles. The zero-order valence-electron chi connectivity index (χ0n) is 11.2. The van der Waals surface area contributed by atoms with Crippen LogP contribution in [0.1, 0.15) is 19.8 Å². The number of methoxy groups -OCH3 is 1. The quantitative estimate of drug-likeness (QED) is 0.756. The van der Waals surface area contributed by atoms with E-state index in [1.54, 1.807) is 7.11 Å². The van der Waals surface area contributed by atoms with Gasteiger partial charge in [-0.1, -0.05) is 0 Å². The van der Waals surface area contributed by atoms with Crippen molar-refractivity contribution in [2.75, 3.05) is 33.1 Å². The van der Waals surface area contributed by atoms with E-state index in [-0.39, 0.29) is 17.9 Å². The highest BCUT2D eigenvalue weighted by atomic mass is 32.2. The molecule has 18 heavy (non-hydrogen) atoms. The van der Waals surface area contributed by atoms with Crippen molar-refractivity contribution in [3.8, 4) is 0 Å². The van der Waals surface area contributed by atoms with Gasteiger partial charge in [-0.3, -0.25) is 4.79 Å². The molecule has 6 nitrogen and oxygen atoms in total. The van der Waals surface area contributed by atoms with Gasteiger partial charge in [-0.05, 0) is 19.8 Å². The van der Waals surface area contributed by atoms with Gasteiger partial charge in [-0.25, -0.2) is 12.7 Å². The van der Waals surface area contributed by atoms with Crippen LogP contribution in [0.4, 0.5) is 0 Å². The fourth-order valence-electron chi connectivity index (χ4n) is 2.10. The van der Waals surface area contributed by atoms with E-state index in [4.69, 9.17) is 4.74 Å². The summed E-state index contributed by atoms with van der Waals surface area (Å²) in [4.78, 5) is 11.9. The molecule has 1 aliphatic heterocycles. The summed E-state index contributed by atoms with van der Waals surface area (Å²) in [5.74, 6) is -0.102. The van der Waals surface area contributed by atoms with Gasteiger partial charge in [-0.2, -0.15) is 0 Å². The molecule has 1 aliphatic rings. The van der Waals surface area contributed by atoms with Gasteiger partial charge in [0.15, 0.2) is 0 Å². The van der Waals surface area contributed by atoms with E-state index in [2.05, 4.69) is 5.32 Å². The zero-order valence-corrected chi connectivity index (χ0v) is 12.0. The molecule has 1 rings (SSSR count). The lowest BCUT2D eigenvalue weighted by molar-refractivity contribution is -0.127. The Balaban J connectivity index is 2.41. The minimum Gasteiger partial charge on any atom is -0.383 e. The fourth-order valence-corrected chi connectivity index (χ4v) is 2.98. The Morgan fingerprint density at radius 2 is 2.00 bits per heavy atom. The number of nitrogens with one attached hydrogen (secondary N) is 1. The number of hydrogen-bond donors (Lipinski definition) is 1. The predicted octanol–water partition coefficient (Wildman–Crippen LogP) is -0.191. The highest BCUT2D eigenvalue weighted by Gasteiger charge is 2.29. The molecule has 0 aliphatic carbocycles. The van der Waals surface area contributed by atoms with Crippen LogP contribution < -0.4 is 5.32 Å². The number of hydrogen-bond acceptors (Lipinski definition) is 4. The summed E-state index contributed by atoms with van der Waals surface area (Å²) in [6.45, 7) is 3.21. The van der Waals surface area contributed by atoms with Crippen molar-refractivity contribution in [2.24, 2.45) is 5.92 Å². The summed E-state index contributed by atoms with van der Waals surface area (Å²) < 4.78 is 29.0. The summed E-state index contributed by atoms with van der Waals surface area (Å²) in [5, 5.41) is 2.87. The number of piperidine rings is 1. The Morgan fingerprint density at radius 3 is 2.44 bits per heavy atom. The van der Waals surface area contributed by atoms with Crippen molar-refractivity contribution in [2.45, 2.75) is 25.8 Å². The maximum absolute atomic E-state index is 11.9. The van der Waals surface area contributed by atoms with Gasteiger partial charge in [0.2, 0.25) is 15.9 Å². The second-order valence-electron chi connectivity index (χ2n) is 4.80. The van der Waals surface area contributed by atoms with E-state index in [0.717, 1.165) is 0 Å². The van der Waals surface area contributed by atoms with E-state index in [0.29, 0.717) is 32.5 Å². The second kappa shape index (κ2) is 6.49. The highest BCUT2D eigenvalue weighted by molar-refractivity contribution is 7.88. The van der Waals surface area contributed by atoms with E-state index in [1.807, 2.05) is 6.92 Å². The van der Waals surface area contributed by atoms with Gasteiger partial charge in [0.1, 0.15) is 0 Å². The van der Waals surface area contributed by atoms with E-state index in [9.17, 15) is 13.2 Å². The number of sulfonamides is 1. The Morgan fingerprint density at radius 1 is 1.44 bits per heavy atom. The Kier molecular flexibility index (Phi) is 5.55. The largest absolute Gasteiger partial charge is 0.383 e. The van der Waals surface area contributed by atoms with Crippen molar-refractivity contribution >= 4 is 15.9 Å². The topological polar surface area (TPSA) is 75.7 Å². The van der Waals surface area contributed by atoms with Crippen LogP contribution in [0.15, 0.2) is 0 Å². The third-order valence-electron chi connectivity index (χ3n) is 3.10. The SMILES string of the molecule is COC[C@H](C)NC(=O)C1CCN(S(C)(=O)=O)CC1. The Labute approximate surface area is 109 Å². The standard InChI is InChI=1S/C11H22N2O4S/c1-9(8-17-2)12-11(14)10-4-6-13(7-5-10)18(3,15)16/h9-10H,4-8H2,1-3H3,(H,12,14)/t9-/m0/s1. The summed E-state index contributed by atoms with van der Waals surface area (Å²) >= 11 is 0. The molecule has 1 N–H and O–H groups in total. The third kappa shape index (κ3) is 4.55. The lowest BCUT2D eigenvalue weighted by atomic mass is 9.97. The lowest BCUT2D eigenvalue weighted by Crippen LogP contribution is -2.45. The molecule has 0 radical (unpaired) electrons. The van der Waals surface area contributed by atoms with Crippen LogP contribution in [0.3, 0.4) is 0 Å². The maximum Gasteiger partial charge on any atom is 0.223 e. The van der Waals surface area contributed by atoms with Crippen LogP contribution in [0.5, 0.6) is 0 Å². The first-order valence-corrected chi connectivity index (χ1v) is 7.94. The summed E-state index contributed by atoms with van der Waals surface area (Å²) in [6, 6.07) is -0.0181. The smallest absolute Gasteiger partial charge is 0.223 e. The monoisotopic (exact) mass is 278 g/mol. The Hall–Kier alpha value is -0.660. The number of carbonyl (C=O) groups excluding carboxylic acids is 1. The summed E-state index contributed by atoms with van der Waals surface area (Å²) in [5.41, 5.74) is 0. The molecule has 1 amide bonds. The van der Waals surface area contributed by atoms with E-state index in [1.165, 1.54) is 10.6 Å². The molecule has 0 aromatic heterocycles. The lowest BCUT2D eigenvalue weighted by Gasteiger charge is -2.30.